The third kappa shape index (κ3) is 3.22. The highest BCUT2D eigenvalue weighted by Crippen LogP contribution is 2.25. The summed E-state index contributed by atoms with van der Waals surface area (Å²) in [5.41, 5.74) is 2.83. The van der Waals surface area contributed by atoms with Gasteiger partial charge in [0, 0.05) is 24.4 Å². The summed E-state index contributed by atoms with van der Waals surface area (Å²) in [7, 11) is 1.66. The molecule has 3 aromatic carbocycles. The Bertz CT molecular complexity index is 889. The topological polar surface area (TPSA) is 60.8 Å². The summed E-state index contributed by atoms with van der Waals surface area (Å²) in [5, 5.41) is 19.2. The Morgan fingerprint density at radius 3 is 2.04 bits per heavy atom. The molecule has 0 spiro atoms. The first-order chi connectivity index (χ1) is 11.5. The number of hydrogen-bond acceptors (Lipinski definition) is 3. The number of amides is 1. The van der Waals surface area contributed by atoms with Crippen molar-refractivity contribution in [2.45, 2.75) is 0 Å². The smallest absolute Gasteiger partial charge is 0.258 e. The average molecular weight is 319 g/mol. The lowest BCUT2D eigenvalue weighted by atomic mass is 10.0. The van der Waals surface area contributed by atoms with Gasteiger partial charge in [-0.1, -0.05) is 30.3 Å². The molecule has 0 aromatic heterocycles. The molecular formula is C20H17NO3. The molecular weight excluding hydrogens is 302 g/mol. The van der Waals surface area contributed by atoms with Crippen molar-refractivity contribution in [3.05, 3.63) is 78.4 Å². The van der Waals surface area contributed by atoms with Crippen LogP contribution in [0.1, 0.15) is 10.4 Å². The van der Waals surface area contributed by atoms with E-state index in [1.165, 1.54) is 11.0 Å². The van der Waals surface area contributed by atoms with E-state index in [-0.39, 0.29) is 17.4 Å². The van der Waals surface area contributed by atoms with E-state index in [1.54, 1.807) is 55.6 Å². The predicted molar refractivity (Wildman–Crippen MR) is 94.4 cm³/mol. The molecule has 0 unspecified atom stereocenters. The Morgan fingerprint density at radius 1 is 0.792 bits per heavy atom. The normalized spacial score (nSPS) is 10.4. The van der Waals surface area contributed by atoms with Gasteiger partial charge in [-0.05, 0) is 47.5 Å². The van der Waals surface area contributed by atoms with Gasteiger partial charge in [0.05, 0.1) is 0 Å². The van der Waals surface area contributed by atoms with Crippen LogP contribution in [0.5, 0.6) is 11.5 Å². The minimum absolute atomic E-state index is 0.112. The van der Waals surface area contributed by atoms with Crippen LogP contribution in [0, 0.1) is 0 Å². The lowest BCUT2D eigenvalue weighted by molar-refractivity contribution is 0.0993. The monoisotopic (exact) mass is 319 g/mol. The number of benzene rings is 3. The third-order valence-electron chi connectivity index (χ3n) is 3.81. The largest absolute Gasteiger partial charge is 0.508 e. The zero-order chi connectivity index (χ0) is 17.1. The maximum Gasteiger partial charge on any atom is 0.258 e. The molecule has 4 nitrogen and oxygen atoms in total. The molecule has 0 fully saturated rings. The fourth-order valence-corrected chi connectivity index (χ4v) is 2.53. The first-order valence-corrected chi connectivity index (χ1v) is 7.51. The Kier molecular flexibility index (Phi) is 4.20. The van der Waals surface area contributed by atoms with E-state index in [9.17, 15) is 15.0 Å². The Balaban J connectivity index is 1.92. The predicted octanol–water partition coefficient (Wildman–Crippen LogP) is 4.04. The van der Waals surface area contributed by atoms with E-state index >= 15 is 0 Å². The standard InChI is InChI=1S/C20H17NO3/c1-21(17-8-4-10-19(23)13-17)20(24)16-7-2-5-14(11-16)15-6-3-9-18(22)12-15/h2-13,22-23H,1H3. The molecule has 3 rings (SSSR count). The highest BCUT2D eigenvalue weighted by Gasteiger charge is 2.14. The Hall–Kier alpha value is -3.27. The van der Waals surface area contributed by atoms with E-state index < -0.39 is 0 Å². The second-order valence-corrected chi connectivity index (χ2v) is 5.52. The minimum atomic E-state index is -0.178. The maximum absolute atomic E-state index is 12.7. The summed E-state index contributed by atoms with van der Waals surface area (Å²) in [4.78, 5) is 14.2. The molecule has 3 aromatic rings. The summed E-state index contributed by atoms with van der Waals surface area (Å²) in [6.45, 7) is 0. The first-order valence-electron chi connectivity index (χ1n) is 7.51. The van der Waals surface area contributed by atoms with E-state index in [4.69, 9.17) is 0 Å². The zero-order valence-electron chi connectivity index (χ0n) is 13.2. The summed E-state index contributed by atoms with van der Waals surface area (Å²) in [6, 6.07) is 20.7. The van der Waals surface area contributed by atoms with E-state index in [1.807, 2.05) is 18.2 Å². The Morgan fingerprint density at radius 2 is 1.38 bits per heavy atom. The van der Waals surface area contributed by atoms with Crippen molar-refractivity contribution in [2.24, 2.45) is 0 Å². The van der Waals surface area contributed by atoms with Gasteiger partial charge in [0.25, 0.3) is 5.91 Å². The summed E-state index contributed by atoms with van der Waals surface area (Å²) < 4.78 is 0. The molecule has 0 saturated heterocycles. The number of rotatable bonds is 3. The maximum atomic E-state index is 12.7. The van der Waals surface area contributed by atoms with Gasteiger partial charge in [0.2, 0.25) is 0 Å². The highest BCUT2D eigenvalue weighted by molar-refractivity contribution is 6.06. The van der Waals surface area contributed by atoms with E-state index in [2.05, 4.69) is 0 Å². The summed E-state index contributed by atoms with van der Waals surface area (Å²) in [6.07, 6.45) is 0. The number of carbonyl (C=O) groups is 1. The van der Waals surface area contributed by atoms with Crippen molar-refractivity contribution < 1.29 is 15.0 Å². The quantitative estimate of drug-likeness (QED) is 0.766. The van der Waals surface area contributed by atoms with Gasteiger partial charge in [0.15, 0.2) is 0 Å². The fraction of sp³-hybridized carbons (Fsp3) is 0.0500. The van der Waals surface area contributed by atoms with Gasteiger partial charge in [-0.3, -0.25) is 4.79 Å². The first kappa shape index (κ1) is 15.6. The van der Waals surface area contributed by atoms with E-state index in [0.29, 0.717) is 11.3 Å². The summed E-state index contributed by atoms with van der Waals surface area (Å²) in [5.74, 6) is 0.115. The van der Waals surface area contributed by atoms with Crippen LogP contribution in [-0.2, 0) is 0 Å². The second-order valence-electron chi connectivity index (χ2n) is 5.52. The van der Waals surface area contributed by atoms with Crippen LogP contribution in [0.3, 0.4) is 0 Å². The van der Waals surface area contributed by atoms with Crippen LogP contribution in [-0.4, -0.2) is 23.2 Å². The van der Waals surface area contributed by atoms with Crippen molar-refractivity contribution >= 4 is 11.6 Å². The van der Waals surface area contributed by atoms with Crippen LogP contribution in [0.15, 0.2) is 72.8 Å². The molecule has 0 aliphatic heterocycles. The molecule has 0 atom stereocenters. The molecule has 120 valence electrons. The number of phenols is 2. The second kappa shape index (κ2) is 6.46. The minimum Gasteiger partial charge on any atom is -0.508 e. The van der Waals surface area contributed by atoms with Crippen molar-refractivity contribution in [1.29, 1.82) is 0 Å². The summed E-state index contributed by atoms with van der Waals surface area (Å²) >= 11 is 0. The number of anilines is 1. The van der Waals surface area contributed by atoms with Crippen molar-refractivity contribution in [3.63, 3.8) is 0 Å². The van der Waals surface area contributed by atoms with Gasteiger partial charge in [-0.15, -0.1) is 0 Å². The van der Waals surface area contributed by atoms with Crippen LogP contribution in [0.4, 0.5) is 5.69 Å². The SMILES string of the molecule is CN(C(=O)c1cccc(-c2cccc(O)c2)c1)c1cccc(O)c1. The van der Waals surface area contributed by atoms with Gasteiger partial charge in [0.1, 0.15) is 11.5 Å². The van der Waals surface area contributed by atoms with Crippen LogP contribution in [0.25, 0.3) is 11.1 Å². The number of hydrogen-bond donors (Lipinski definition) is 2. The molecule has 24 heavy (non-hydrogen) atoms. The zero-order valence-corrected chi connectivity index (χ0v) is 13.2. The lowest BCUT2D eigenvalue weighted by Crippen LogP contribution is -2.26. The molecule has 1 amide bonds. The van der Waals surface area contributed by atoms with Gasteiger partial charge in [-0.2, -0.15) is 0 Å². The molecule has 0 aliphatic carbocycles. The molecule has 0 bridgehead atoms. The van der Waals surface area contributed by atoms with Crippen molar-refractivity contribution in [3.8, 4) is 22.6 Å². The van der Waals surface area contributed by atoms with Gasteiger partial charge in [-0.25, -0.2) is 0 Å². The van der Waals surface area contributed by atoms with Crippen LogP contribution >= 0.6 is 0 Å². The molecule has 4 heteroatoms. The van der Waals surface area contributed by atoms with Gasteiger partial charge >= 0.3 is 0 Å². The molecule has 0 heterocycles. The Labute approximate surface area is 140 Å². The number of nitrogens with zero attached hydrogens (tertiary/aromatic N) is 1. The highest BCUT2D eigenvalue weighted by atomic mass is 16.3. The van der Waals surface area contributed by atoms with Crippen molar-refractivity contribution in [2.75, 3.05) is 11.9 Å². The number of aromatic hydroxyl groups is 2. The fourth-order valence-electron chi connectivity index (χ4n) is 2.53. The molecule has 2 N–H and O–H groups in total. The van der Waals surface area contributed by atoms with Crippen LogP contribution in [0.2, 0.25) is 0 Å². The van der Waals surface area contributed by atoms with Crippen molar-refractivity contribution in [1.82, 2.24) is 0 Å². The molecule has 0 aliphatic rings. The molecule has 0 saturated carbocycles. The third-order valence-corrected chi connectivity index (χ3v) is 3.81. The number of phenolic OH excluding ortho intramolecular Hbond substituents is 2. The number of carbonyl (C=O) groups excluding carboxylic acids is 1. The average Bonchev–Trinajstić information content (AvgIpc) is 2.60. The van der Waals surface area contributed by atoms with Gasteiger partial charge < -0.3 is 15.1 Å². The van der Waals surface area contributed by atoms with Crippen LogP contribution < -0.4 is 4.90 Å². The lowest BCUT2D eigenvalue weighted by Gasteiger charge is -2.18. The van der Waals surface area contributed by atoms with E-state index in [0.717, 1.165) is 11.1 Å². The molecule has 0 radical (unpaired) electrons.